The molecule has 25 heavy (non-hydrogen) atoms. The molecule has 1 heterocycles. The smallest absolute Gasteiger partial charge is 0.268 e. The van der Waals surface area contributed by atoms with Crippen molar-refractivity contribution in [2.45, 2.75) is 19.0 Å². The molecule has 0 N–H and O–H groups in total. The van der Waals surface area contributed by atoms with E-state index in [1.165, 1.54) is 28.5 Å². The number of hydrogen-bond donors (Lipinski definition) is 0. The molecule has 3 rings (SSSR count). The normalized spacial score (nSPS) is 11.2. The molecule has 0 aliphatic rings. The molecule has 0 spiro atoms. The van der Waals surface area contributed by atoms with Gasteiger partial charge in [0.1, 0.15) is 0 Å². The van der Waals surface area contributed by atoms with Gasteiger partial charge in [0, 0.05) is 17.9 Å². The Bertz CT molecular complexity index is 981. The number of aromatic nitrogens is 2. The molecule has 6 nitrogen and oxygen atoms in total. The standard InChI is InChI=1S/C18H17N3O3S/c1-12(2)11-25-18-19-16-6-4-3-5-15(16)17(22)20(18)13-7-9-14(10-8-13)21(23)24/h3-10,12H,11H2,1-2H3. The third kappa shape index (κ3) is 3.56. The molecule has 0 aliphatic carbocycles. The molecule has 0 saturated heterocycles. The van der Waals surface area contributed by atoms with Crippen LogP contribution >= 0.6 is 11.8 Å². The van der Waals surface area contributed by atoms with Crippen LogP contribution in [0.5, 0.6) is 0 Å². The Kier molecular flexibility index (Phi) is 4.85. The van der Waals surface area contributed by atoms with Crippen molar-refractivity contribution in [1.29, 1.82) is 0 Å². The summed E-state index contributed by atoms with van der Waals surface area (Å²) in [6.45, 7) is 4.20. The molecule has 0 unspecified atom stereocenters. The van der Waals surface area contributed by atoms with Gasteiger partial charge in [-0.05, 0) is 30.2 Å². The molecule has 2 aromatic carbocycles. The maximum Gasteiger partial charge on any atom is 0.269 e. The zero-order valence-corrected chi connectivity index (χ0v) is 14.7. The van der Waals surface area contributed by atoms with Crippen molar-refractivity contribution in [2.75, 3.05) is 5.75 Å². The van der Waals surface area contributed by atoms with Crippen molar-refractivity contribution in [1.82, 2.24) is 9.55 Å². The van der Waals surface area contributed by atoms with Crippen LogP contribution in [0.25, 0.3) is 16.6 Å². The largest absolute Gasteiger partial charge is 0.269 e. The molecule has 3 aromatic rings. The first-order valence-corrected chi connectivity index (χ1v) is 8.85. The van der Waals surface area contributed by atoms with Crippen molar-refractivity contribution in [3.63, 3.8) is 0 Å². The van der Waals surface area contributed by atoms with Crippen molar-refractivity contribution >= 4 is 28.4 Å². The van der Waals surface area contributed by atoms with E-state index >= 15 is 0 Å². The molecule has 0 fully saturated rings. The van der Waals surface area contributed by atoms with E-state index in [2.05, 4.69) is 18.8 Å². The van der Waals surface area contributed by atoms with E-state index in [0.717, 1.165) is 5.75 Å². The number of para-hydroxylation sites is 1. The van der Waals surface area contributed by atoms with Gasteiger partial charge in [-0.3, -0.25) is 19.5 Å². The van der Waals surface area contributed by atoms with Crippen LogP contribution in [0.1, 0.15) is 13.8 Å². The molecule has 0 atom stereocenters. The van der Waals surface area contributed by atoms with Gasteiger partial charge in [-0.1, -0.05) is 37.7 Å². The third-order valence-corrected chi connectivity index (χ3v) is 4.97. The minimum absolute atomic E-state index is 0.0121. The summed E-state index contributed by atoms with van der Waals surface area (Å²) >= 11 is 1.51. The molecular weight excluding hydrogens is 338 g/mol. The Morgan fingerprint density at radius 1 is 1.16 bits per heavy atom. The highest BCUT2D eigenvalue weighted by atomic mass is 32.2. The van der Waals surface area contributed by atoms with Crippen LogP contribution in [0.2, 0.25) is 0 Å². The molecule has 128 valence electrons. The van der Waals surface area contributed by atoms with Gasteiger partial charge in [0.25, 0.3) is 11.2 Å². The van der Waals surface area contributed by atoms with Crippen molar-refractivity contribution in [3.05, 3.63) is 69.0 Å². The number of fused-ring (bicyclic) bond motifs is 1. The summed E-state index contributed by atoms with van der Waals surface area (Å²) in [5, 5.41) is 12.0. The number of non-ortho nitro benzene ring substituents is 1. The van der Waals surface area contributed by atoms with E-state index in [1.54, 1.807) is 24.3 Å². The van der Waals surface area contributed by atoms with E-state index in [1.807, 2.05) is 12.1 Å². The van der Waals surface area contributed by atoms with E-state index in [-0.39, 0.29) is 11.2 Å². The lowest BCUT2D eigenvalue weighted by atomic mass is 10.2. The van der Waals surface area contributed by atoms with Crippen LogP contribution in [-0.2, 0) is 0 Å². The lowest BCUT2D eigenvalue weighted by Gasteiger charge is -2.14. The Morgan fingerprint density at radius 2 is 1.84 bits per heavy atom. The molecule has 0 amide bonds. The molecular formula is C18H17N3O3S. The van der Waals surface area contributed by atoms with Gasteiger partial charge in [-0.2, -0.15) is 0 Å². The van der Waals surface area contributed by atoms with Gasteiger partial charge in [-0.15, -0.1) is 0 Å². The maximum atomic E-state index is 13.0. The summed E-state index contributed by atoms with van der Waals surface area (Å²) in [5.74, 6) is 1.26. The van der Waals surface area contributed by atoms with Crippen LogP contribution in [0.3, 0.4) is 0 Å². The third-order valence-electron chi connectivity index (χ3n) is 3.61. The second-order valence-corrected chi connectivity index (χ2v) is 7.02. The van der Waals surface area contributed by atoms with Crippen molar-refractivity contribution in [2.24, 2.45) is 5.92 Å². The first-order chi connectivity index (χ1) is 12.0. The van der Waals surface area contributed by atoms with E-state index in [4.69, 9.17) is 0 Å². The Morgan fingerprint density at radius 3 is 2.48 bits per heavy atom. The average molecular weight is 355 g/mol. The van der Waals surface area contributed by atoms with Gasteiger partial charge in [0.15, 0.2) is 5.16 Å². The molecule has 7 heteroatoms. The number of thioether (sulfide) groups is 1. The first-order valence-electron chi connectivity index (χ1n) is 7.87. The van der Waals surface area contributed by atoms with Crippen LogP contribution in [0, 0.1) is 16.0 Å². The van der Waals surface area contributed by atoms with Gasteiger partial charge in [0.2, 0.25) is 0 Å². The molecule has 0 bridgehead atoms. The zero-order valence-electron chi connectivity index (χ0n) is 13.9. The minimum Gasteiger partial charge on any atom is -0.268 e. The van der Waals surface area contributed by atoms with E-state index in [9.17, 15) is 14.9 Å². The number of hydrogen-bond acceptors (Lipinski definition) is 5. The van der Waals surface area contributed by atoms with E-state index < -0.39 is 4.92 Å². The fraction of sp³-hybridized carbons (Fsp3) is 0.222. The predicted octanol–water partition coefficient (Wildman–Crippen LogP) is 4.04. The van der Waals surface area contributed by atoms with Crippen LogP contribution < -0.4 is 5.56 Å². The summed E-state index contributed by atoms with van der Waals surface area (Å²) in [4.78, 5) is 28.0. The number of nitro groups is 1. The van der Waals surface area contributed by atoms with Crippen molar-refractivity contribution < 1.29 is 4.92 Å². The highest BCUT2D eigenvalue weighted by Gasteiger charge is 2.14. The number of rotatable bonds is 5. The fourth-order valence-electron chi connectivity index (χ4n) is 2.40. The minimum atomic E-state index is -0.459. The van der Waals surface area contributed by atoms with Crippen LogP contribution in [0.4, 0.5) is 5.69 Å². The molecule has 0 saturated carbocycles. The summed E-state index contributed by atoms with van der Waals surface area (Å²) in [6, 6.07) is 13.2. The number of nitro benzene ring substituents is 1. The highest BCUT2D eigenvalue weighted by molar-refractivity contribution is 7.99. The Labute approximate surface area is 148 Å². The van der Waals surface area contributed by atoms with Crippen LogP contribution in [0.15, 0.2) is 58.5 Å². The number of benzene rings is 2. The van der Waals surface area contributed by atoms with Crippen molar-refractivity contribution in [3.8, 4) is 5.69 Å². The highest BCUT2D eigenvalue weighted by Crippen LogP contribution is 2.24. The van der Waals surface area contributed by atoms with E-state index in [0.29, 0.717) is 27.7 Å². The van der Waals surface area contributed by atoms with Gasteiger partial charge >= 0.3 is 0 Å². The molecule has 0 aliphatic heterocycles. The zero-order chi connectivity index (χ0) is 18.0. The second-order valence-electron chi connectivity index (χ2n) is 6.03. The summed E-state index contributed by atoms with van der Waals surface area (Å²) in [5.41, 5.74) is 1.03. The molecule has 1 aromatic heterocycles. The Hall–Kier alpha value is -2.67. The predicted molar refractivity (Wildman–Crippen MR) is 99.6 cm³/mol. The summed E-state index contributed by atoms with van der Waals surface area (Å²) in [7, 11) is 0. The summed E-state index contributed by atoms with van der Waals surface area (Å²) in [6.07, 6.45) is 0. The van der Waals surface area contributed by atoms with Gasteiger partial charge < -0.3 is 0 Å². The average Bonchev–Trinajstić information content (AvgIpc) is 2.60. The maximum absolute atomic E-state index is 13.0. The Balaban J connectivity index is 2.19. The lowest BCUT2D eigenvalue weighted by Crippen LogP contribution is -2.22. The SMILES string of the molecule is CC(C)CSc1nc2ccccc2c(=O)n1-c1ccc([N+](=O)[O-])cc1. The van der Waals surface area contributed by atoms with Gasteiger partial charge in [0.05, 0.1) is 21.5 Å². The van der Waals surface area contributed by atoms with Crippen LogP contribution in [-0.4, -0.2) is 20.2 Å². The number of nitrogens with zero attached hydrogens (tertiary/aromatic N) is 3. The second kappa shape index (κ2) is 7.06. The molecule has 0 radical (unpaired) electrons. The lowest BCUT2D eigenvalue weighted by molar-refractivity contribution is -0.384. The summed E-state index contributed by atoms with van der Waals surface area (Å²) < 4.78 is 1.53. The first kappa shape index (κ1) is 17.2. The quantitative estimate of drug-likeness (QED) is 0.299. The van der Waals surface area contributed by atoms with Gasteiger partial charge in [-0.25, -0.2) is 4.98 Å². The topological polar surface area (TPSA) is 78.0 Å². The monoisotopic (exact) mass is 355 g/mol. The fourth-order valence-corrected chi connectivity index (χ4v) is 3.36.